The largest absolute Gasteiger partial charge is 0.461 e. The number of furan rings is 1. The van der Waals surface area contributed by atoms with E-state index in [1.807, 2.05) is 19.2 Å². The van der Waals surface area contributed by atoms with E-state index >= 15 is 0 Å². The molecular formula is C16H17N3O. The number of rotatable bonds is 4. The number of hydrogen-bond donors (Lipinski definition) is 2. The molecule has 20 heavy (non-hydrogen) atoms. The third kappa shape index (κ3) is 1.76. The van der Waals surface area contributed by atoms with Gasteiger partial charge in [-0.2, -0.15) is 0 Å². The highest BCUT2D eigenvalue weighted by atomic mass is 16.3. The van der Waals surface area contributed by atoms with E-state index in [-0.39, 0.29) is 0 Å². The fourth-order valence-corrected chi connectivity index (χ4v) is 2.93. The molecule has 2 heterocycles. The Morgan fingerprint density at radius 1 is 1.35 bits per heavy atom. The molecule has 1 aliphatic rings. The van der Waals surface area contributed by atoms with Crippen LogP contribution in [-0.4, -0.2) is 23.6 Å². The average molecular weight is 267 g/mol. The normalized spacial score (nSPS) is 16.6. The van der Waals surface area contributed by atoms with Crippen LogP contribution in [0.2, 0.25) is 0 Å². The van der Waals surface area contributed by atoms with E-state index in [2.05, 4.69) is 33.5 Å². The number of fused-ring (bicyclic) bond motifs is 1. The SMILES string of the molecule is CNCC1(c2ccc3nc(-c4ccco4)[nH]c3c2)CC1. The number of H-pyrrole nitrogens is 1. The minimum absolute atomic E-state index is 0.332. The Labute approximate surface area is 117 Å². The minimum atomic E-state index is 0.332. The molecule has 0 amide bonds. The Hall–Kier alpha value is -2.07. The minimum Gasteiger partial charge on any atom is -0.461 e. The van der Waals surface area contributed by atoms with Gasteiger partial charge in [-0.25, -0.2) is 4.98 Å². The van der Waals surface area contributed by atoms with Gasteiger partial charge in [0.15, 0.2) is 11.6 Å². The number of nitrogens with zero attached hydrogens (tertiary/aromatic N) is 1. The lowest BCUT2D eigenvalue weighted by Gasteiger charge is -2.14. The maximum absolute atomic E-state index is 5.39. The van der Waals surface area contributed by atoms with Gasteiger partial charge in [0.25, 0.3) is 0 Å². The van der Waals surface area contributed by atoms with Crippen LogP contribution in [0, 0.1) is 0 Å². The maximum Gasteiger partial charge on any atom is 0.174 e. The molecule has 0 radical (unpaired) electrons. The molecule has 4 nitrogen and oxygen atoms in total. The number of likely N-dealkylation sites (N-methyl/N-ethyl adjacent to an activating group) is 1. The number of aromatic nitrogens is 2. The summed E-state index contributed by atoms with van der Waals surface area (Å²) in [4.78, 5) is 7.93. The molecule has 2 aromatic heterocycles. The van der Waals surface area contributed by atoms with Gasteiger partial charge in [-0.05, 0) is 49.7 Å². The number of nitrogens with one attached hydrogen (secondary N) is 2. The zero-order valence-electron chi connectivity index (χ0n) is 11.4. The standard InChI is InChI=1S/C16H17N3O/c1-17-10-16(6-7-16)11-4-5-12-13(9-11)19-15(18-12)14-3-2-8-20-14/h2-5,8-9,17H,6-7,10H2,1H3,(H,18,19). The van der Waals surface area contributed by atoms with Crippen LogP contribution < -0.4 is 5.32 Å². The molecular weight excluding hydrogens is 250 g/mol. The first-order valence-electron chi connectivity index (χ1n) is 6.99. The number of imidazole rings is 1. The summed E-state index contributed by atoms with van der Waals surface area (Å²) in [5.74, 6) is 1.57. The van der Waals surface area contributed by atoms with E-state index in [1.165, 1.54) is 18.4 Å². The Morgan fingerprint density at radius 2 is 2.25 bits per heavy atom. The van der Waals surface area contributed by atoms with Crippen molar-refractivity contribution >= 4 is 11.0 Å². The van der Waals surface area contributed by atoms with Crippen molar-refractivity contribution in [2.75, 3.05) is 13.6 Å². The van der Waals surface area contributed by atoms with Crippen LogP contribution in [-0.2, 0) is 5.41 Å². The first-order valence-corrected chi connectivity index (χ1v) is 6.99. The molecule has 0 bridgehead atoms. The molecule has 2 N–H and O–H groups in total. The Morgan fingerprint density at radius 3 is 2.95 bits per heavy atom. The van der Waals surface area contributed by atoms with Crippen LogP contribution in [0.25, 0.3) is 22.6 Å². The van der Waals surface area contributed by atoms with E-state index in [0.29, 0.717) is 5.41 Å². The molecule has 0 atom stereocenters. The lowest BCUT2D eigenvalue weighted by atomic mass is 9.95. The molecule has 0 saturated heterocycles. The summed E-state index contributed by atoms with van der Waals surface area (Å²) in [5, 5.41) is 3.30. The summed E-state index contributed by atoms with van der Waals surface area (Å²) in [6.07, 6.45) is 4.19. The molecule has 0 spiro atoms. The number of benzene rings is 1. The average Bonchev–Trinajstić information content (AvgIpc) is 2.93. The van der Waals surface area contributed by atoms with Gasteiger partial charge in [-0.15, -0.1) is 0 Å². The predicted molar refractivity (Wildman–Crippen MR) is 78.6 cm³/mol. The topological polar surface area (TPSA) is 53.9 Å². The zero-order chi connectivity index (χ0) is 13.6. The van der Waals surface area contributed by atoms with Crippen molar-refractivity contribution in [2.24, 2.45) is 0 Å². The summed E-state index contributed by atoms with van der Waals surface area (Å²) < 4.78 is 5.39. The molecule has 0 unspecified atom stereocenters. The van der Waals surface area contributed by atoms with E-state index in [9.17, 15) is 0 Å². The Bertz CT molecular complexity index is 738. The summed E-state index contributed by atoms with van der Waals surface area (Å²) in [6.45, 7) is 1.04. The Kier molecular flexibility index (Phi) is 2.47. The van der Waals surface area contributed by atoms with Crippen molar-refractivity contribution in [3.8, 4) is 11.6 Å². The highest BCUT2D eigenvalue weighted by Crippen LogP contribution is 2.48. The molecule has 1 fully saturated rings. The van der Waals surface area contributed by atoms with Gasteiger partial charge >= 0.3 is 0 Å². The molecule has 4 heteroatoms. The molecule has 102 valence electrons. The van der Waals surface area contributed by atoms with Gasteiger partial charge in [-0.1, -0.05) is 6.07 Å². The second-order valence-electron chi connectivity index (χ2n) is 5.61. The number of hydrogen-bond acceptors (Lipinski definition) is 3. The smallest absolute Gasteiger partial charge is 0.174 e. The highest BCUT2D eigenvalue weighted by Gasteiger charge is 2.43. The lowest BCUT2D eigenvalue weighted by molar-refractivity contribution is 0.578. The first kappa shape index (κ1) is 11.7. The maximum atomic E-state index is 5.39. The quantitative estimate of drug-likeness (QED) is 0.763. The monoisotopic (exact) mass is 267 g/mol. The van der Waals surface area contributed by atoms with E-state index in [1.54, 1.807) is 6.26 Å². The van der Waals surface area contributed by atoms with Crippen molar-refractivity contribution in [2.45, 2.75) is 18.3 Å². The van der Waals surface area contributed by atoms with Crippen LogP contribution in [0.1, 0.15) is 18.4 Å². The van der Waals surface area contributed by atoms with Gasteiger partial charge in [0.1, 0.15) is 0 Å². The summed E-state index contributed by atoms with van der Waals surface area (Å²) in [6, 6.07) is 10.3. The van der Waals surface area contributed by atoms with Gasteiger partial charge in [0.2, 0.25) is 0 Å². The van der Waals surface area contributed by atoms with E-state index < -0.39 is 0 Å². The molecule has 4 rings (SSSR count). The van der Waals surface area contributed by atoms with Gasteiger partial charge in [0.05, 0.1) is 17.3 Å². The van der Waals surface area contributed by atoms with Crippen molar-refractivity contribution in [1.29, 1.82) is 0 Å². The third-order valence-electron chi connectivity index (χ3n) is 4.22. The van der Waals surface area contributed by atoms with E-state index in [0.717, 1.165) is 29.2 Å². The molecule has 1 saturated carbocycles. The fraction of sp³-hybridized carbons (Fsp3) is 0.312. The molecule has 1 aliphatic carbocycles. The van der Waals surface area contributed by atoms with Crippen molar-refractivity contribution in [3.05, 3.63) is 42.2 Å². The molecule has 0 aliphatic heterocycles. The van der Waals surface area contributed by atoms with Gasteiger partial charge in [0, 0.05) is 12.0 Å². The molecule has 3 aromatic rings. The van der Waals surface area contributed by atoms with Gasteiger partial charge in [-0.3, -0.25) is 0 Å². The van der Waals surface area contributed by atoms with Crippen molar-refractivity contribution in [1.82, 2.24) is 15.3 Å². The van der Waals surface area contributed by atoms with E-state index in [4.69, 9.17) is 4.42 Å². The van der Waals surface area contributed by atoms with Crippen LogP contribution in [0.3, 0.4) is 0 Å². The second-order valence-corrected chi connectivity index (χ2v) is 5.61. The number of aromatic amines is 1. The van der Waals surface area contributed by atoms with Crippen LogP contribution in [0.4, 0.5) is 0 Å². The summed E-state index contributed by atoms with van der Waals surface area (Å²) in [7, 11) is 2.02. The van der Waals surface area contributed by atoms with Crippen LogP contribution >= 0.6 is 0 Å². The first-order chi connectivity index (χ1) is 9.81. The van der Waals surface area contributed by atoms with Crippen LogP contribution in [0.5, 0.6) is 0 Å². The summed E-state index contributed by atoms with van der Waals surface area (Å²) in [5.41, 5.74) is 3.80. The van der Waals surface area contributed by atoms with Gasteiger partial charge < -0.3 is 14.7 Å². The lowest BCUT2D eigenvalue weighted by Crippen LogP contribution is -2.23. The predicted octanol–water partition coefficient (Wildman–Crippen LogP) is 3.07. The highest BCUT2D eigenvalue weighted by molar-refractivity contribution is 5.79. The summed E-state index contributed by atoms with van der Waals surface area (Å²) >= 11 is 0. The zero-order valence-corrected chi connectivity index (χ0v) is 11.4. The van der Waals surface area contributed by atoms with Crippen molar-refractivity contribution in [3.63, 3.8) is 0 Å². The third-order valence-corrected chi connectivity index (χ3v) is 4.22. The Balaban J connectivity index is 1.76. The van der Waals surface area contributed by atoms with Crippen molar-refractivity contribution < 1.29 is 4.42 Å². The molecule has 1 aromatic carbocycles. The fourth-order valence-electron chi connectivity index (χ4n) is 2.93. The second kappa shape index (κ2) is 4.21. The van der Waals surface area contributed by atoms with Crippen LogP contribution in [0.15, 0.2) is 41.0 Å².